The number of nitrogens with one attached hydrogen (secondary N) is 1. The first kappa shape index (κ1) is 18.2. The summed E-state index contributed by atoms with van der Waals surface area (Å²) in [6.45, 7) is 0.0195. The average molecular weight is 370 g/mol. The maximum atomic E-state index is 14.1. The molecule has 8 heteroatoms. The summed E-state index contributed by atoms with van der Waals surface area (Å²) >= 11 is 0. The third-order valence-corrected chi connectivity index (χ3v) is 4.14. The molecule has 0 bridgehead atoms. The topological polar surface area (TPSA) is 32.3 Å². The molecular weight excluding hydrogens is 355 g/mol. The Morgan fingerprint density at radius 3 is 2.62 bits per heavy atom. The quantitative estimate of drug-likeness (QED) is 0.814. The van der Waals surface area contributed by atoms with E-state index in [-0.39, 0.29) is 17.9 Å². The summed E-state index contributed by atoms with van der Waals surface area (Å²) in [5, 5.41) is 2.23. The van der Waals surface area contributed by atoms with Gasteiger partial charge in [0.25, 0.3) is 0 Å². The Morgan fingerprint density at radius 1 is 1.15 bits per heavy atom. The number of halogens is 5. The summed E-state index contributed by atoms with van der Waals surface area (Å²) in [6.07, 6.45) is -3.55. The number of nitrogens with zero attached hydrogens (tertiary/aromatic N) is 1. The van der Waals surface area contributed by atoms with Crippen LogP contribution in [0.25, 0.3) is 0 Å². The number of carbonyl (C=O) groups excluding carboxylic acids is 1. The molecule has 0 fully saturated rings. The van der Waals surface area contributed by atoms with Crippen molar-refractivity contribution < 1.29 is 26.7 Å². The highest BCUT2D eigenvalue weighted by molar-refractivity contribution is 5.95. The molecule has 0 atom stereocenters. The summed E-state index contributed by atoms with van der Waals surface area (Å²) in [7, 11) is 0. The second-order valence-corrected chi connectivity index (χ2v) is 6.01. The Labute approximate surface area is 146 Å². The highest BCUT2D eigenvalue weighted by Gasteiger charge is 2.33. The molecule has 0 saturated carbocycles. The summed E-state index contributed by atoms with van der Waals surface area (Å²) < 4.78 is 66.5. The second kappa shape index (κ2) is 6.93. The van der Waals surface area contributed by atoms with E-state index < -0.39 is 29.3 Å². The standard InChI is InChI=1S/C18H15F5N2O/c19-12-8-11-4-3-7-25(17(11)14(20)9-12)10-16(26)24-15-6-2-1-5-13(15)18(21,22)23/h1-2,5-6,8-9H,3-4,7,10H2,(H,24,26). The van der Waals surface area contributed by atoms with Crippen molar-refractivity contribution in [2.24, 2.45) is 0 Å². The van der Waals surface area contributed by atoms with E-state index in [0.29, 0.717) is 24.9 Å². The van der Waals surface area contributed by atoms with Gasteiger partial charge in [0.2, 0.25) is 5.91 Å². The molecule has 3 nitrogen and oxygen atoms in total. The van der Waals surface area contributed by atoms with Gasteiger partial charge >= 0.3 is 6.18 Å². The van der Waals surface area contributed by atoms with Gasteiger partial charge in [-0.1, -0.05) is 12.1 Å². The van der Waals surface area contributed by atoms with E-state index in [9.17, 15) is 26.7 Å². The molecule has 2 aromatic rings. The van der Waals surface area contributed by atoms with Crippen molar-refractivity contribution in [2.75, 3.05) is 23.3 Å². The van der Waals surface area contributed by atoms with Gasteiger partial charge in [-0.05, 0) is 36.6 Å². The van der Waals surface area contributed by atoms with Crippen LogP contribution in [0.15, 0.2) is 36.4 Å². The van der Waals surface area contributed by atoms with Crippen molar-refractivity contribution >= 4 is 17.3 Å². The Balaban J connectivity index is 1.79. The third-order valence-electron chi connectivity index (χ3n) is 4.14. The summed E-state index contributed by atoms with van der Waals surface area (Å²) in [6, 6.07) is 6.57. The Bertz CT molecular complexity index is 835. The summed E-state index contributed by atoms with van der Waals surface area (Å²) in [5.41, 5.74) is -0.753. The highest BCUT2D eigenvalue weighted by Crippen LogP contribution is 2.35. The first-order chi connectivity index (χ1) is 12.3. The van der Waals surface area contributed by atoms with E-state index in [1.54, 1.807) is 0 Å². The number of anilines is 2. The average Bonchev–Trinajstić information content (AvgIpc) is 2.53. The van der Waals surface area contributed by atoms with Crippen LogP contribution in [0.5, 0.6) is 0 Å². The van der Waals surface area contributed by atoms with E-state index in [1.807, 2.05) is 0 Å². The minimum Gasteiger partial charge on any atom is -0.360 e. The lowest BCUT2D eigenvalue weighted by Gasteiger charge is -2.31. The lowest BCUT2D eigenvalue weighted by Crippen LogP contribution is -2.37. The molecule has 2 aromatic carbocycles. The van der Waals surface area contributed by atoms with Gasteiger partial charge in [0.15, 0.2) is 0 Å². The van der Waals surface area contributed by atoms with Crippen LogP contribution < -0.4 is 10.2 Å². The number of rotatable bonds is 3. The van der Waals surface area contributed by atoms with Crippen LogP contribution in [0.2, 0.25) is 0 Å². The maximum absolute atomic E-state index is 14.1. The lowest BCUT2D eigenvalue weighted by atomic mass is 10.0. The minimum atomic E-state index is -4.61. The number of hydrogen-bond donors (Lipinski definition) is 1. The number of carbonyl (C=O) groups is 1. The molecule has 1 aliphatic rings. The molecule has 1 amide bonds. The van der Waals surface area contributed by atoms with Gasteiger partial charge in [0.05, 0.1) is 23.5 Å². The molecule has 0 unspecified atom stereocenters. The van der Waals surface area contributed by atoms with Crippen molar-refractivity contribution in [1.82, 2.24) is 0 Å². The summed E-state index contributed by atoms with van der Waals surface area (Å²) in [4.78, 5) is 13.6. The van der Waals surface area contributed by atoms with Crippen LogP contribution in [0.4, 0.5) is 33.3 Å². The van der Waals surface area contributed by atoms with Crippen molar-refractivity contribution in [3.8, 4) is 0 Å². The predicted molar refractivity (Wildman–Crippen MR) is 87.0 cm³/mol. The van der Waals surface area contributed by atoms with Gasteiger partial charge in [0, 0.05) is 12.6 Å². The molecular formula is C18H15F5N2O. The lowest BCUT2D eigenvalue weighted by molar-refractivity contribution is -0.137. The van der Waals surface area contributed by atoms with Crippen molar-refractivity contribution in [3.63, 3.8) is 0 Å². The predicted octanol–water partition coefficient (Wildman–Crippen LogP) is 4.37. The molecule has 0 aromatic heterocycles. The van der Waals surface area contributed by atoms with E-state index in [4.69, 9.17) is 0 Å². The smallest absolute Gasteiger partial charge is 0.360 e. The summed E-state index contributed by atoms with van der Waals surface area (Å²) in [5.74, 6) is -2.20. The van der Waals surface area contributed by atoms with Gasteiger partial charge in [-0.2, -0.15) is 13.2 Å². The van der Waals surface area contributed by atoms with Crippen LogP contribution in [0, 0.1) is 11.6 Å². The van der Waals surface area contributed by atoms with Crippen molar-refractivity contribution in [3.05, 3.63) is 59.2 Å². The molecule has 1 N–H and O–H groups in total. The Morgan fingerprint density at radius 2 is 1.88 bits per heavy atom. The molecule has 1 heterocycles. The van der Waals surface area contributed by atoms with Gasteiger partial charge in [-0.25, -0.2) is 8.78 Å². The molecule has 1 aliphatic heterocycles. The Kier molecular flexibility index (Phi) is 4.84. The SMILES string of the molecule is O=C(CN1CCCc2cc(F)cc(F)c21)Nc1ccccc1C(F)(F)F. The number of amides is 1. The number of aryl methyl sites for hydroxylation is 1. The van der Waals surface area contributed by atoms with E-state index in [1.165, 1.54) is 23.1 Å². The second-order valence-electron chi connectivity index (χ2n) is 6.01. The highest BCUT2D eigenvalue weighted by atomic mass is 19.4. The van der Waals surface area contributed by atoms with Gasteiger partial charge < -0.3 is 10.2 Å². The Hall–Kier alpha value is -2.64. The van der Waals surface area contributed by atoms with E-state index in [2.05, 4.69) is 5.32 Å². The molecule has 0 spiro atoms. The first-order valence-electron chi connectivity index (χ1n) is 7.94. The van der Waals surface area contributed by atoms with Crippen molar-refractivity contribution in [2.45, 2.75) is 19.0 Å². The molecule has 138 valence electrons. The maximum Gasteiger partial charge on any atom is 0.418 e. The van der Waals surface area contributed by atoms with Gasteiger partial charge in [-0.3, -0.25) is 4.79 Å². The zero-order valence-corrected chi connectivity index (χ0v) is 13.5. The fourth-order valence-corrected chi connectivity index (χ4v) is 3.10. The van der Waals surface area contributed by atoms with E-state index in [0.717, 1.165) is 18.2 Å². The van der Waals surface area contributed by atoms with Crippen LogP contribution >= 0.6 is 0 Å². The first-order valence-corrected chi connectivity index (χ1v) is 7.94. The fourth-order valence-electron chi connectivity index (χ4n) is 3.10. The fraction of sp³-hybridized carbons (Fsp3) is 0.278. The van der Waals surface area contributed by atoms with Crippen LogP contribution in [-0.4, -0.2) is 19.0 Å². The normalized spacial score (nSPS) is 14.1. The number of benzene rings is 2. The van der Waals surface area contributed by atoms with Crippen LogP contribution in [-0.2, 0) is 17.4 Å². The largest absolute Gasteiger partial charge is 0.418 e. The van der Waals surface area contributed by atoms with Gasteiger partial charge in [-0.15, -0.1) is 0 Å². The van der Waals surface area contributed by atoms with Crippen LogP contribution in [0.1, 0.15) is 17.5 Å². The molecule has 0 aliphatic carbocycles. The van der Waals surface area contributed by atoms with Crippen LogP contribution in [0.3, 0.4) is 0 Å². The molecule has 0 saturated heterocycles. The number of fused-ring (bicyclic) bond motifs is 1. The monoisotopic (exact) mass is 370 g/mol. The van der Waals surface area contributed by atoms with Gasteiger partial charge in [0.1, 0.15) is 11.6 Å². The molecule has 0 radical (unpaired) electrons. The zero-order valence-electron chi connectivity index (χ0n) is 13.5. The number of alkyl halides is 3. The molecule has 3 rings (SSSR count). The third kappa shape index (κ3) is 3.79. The molecule has 26 heavy (non-hydrogen) atoms. The van der Waals surface area contributed by atoms with E-state index >= 15 is 0 Å². The minimum absolute atomic E-state index is 0.122. The van der Waals surface area contributed by atoms with Crippen molar-refractivity contribution in [1.29, 1.82) is 0 Å². The number of hydrogen-bond acceptors (Lipinski definition) is 2. The zero-order chi connectivity index (χ0) is 18.9. The number of para-hydroxylation sites is 1.